The number of hydrogen-bond donors (Lipinski definition) is 1. The lowest BCUT2D eigenvalue weighted by atomic mass is 10.1. The molecule has 3 rings (SSSR count). The third kappa shape index (κ3) is 3.94. The number of esters is 1. The lowest BCUT2D eigenvalue weighted by Crippen LogP contribution is -2.26. The number of thioether (sulfide) groups is 1. The fraction of sp³-hybridized carbons (Fsp3) is 0.278. The molecule has 5 nitrogen and oxygen atoms in total. The van der Waals surface area contributed by atoms with E-state index in [0.717, 1.165) is 23.3 Å². The minimum absolute atomic E-state index is 0.0468. The van der Waals surface area contributed by atoms with Crippen molar-refractivity contribution in [3.8, 4) is 0 Å². The number of fused-ring (bicyclic) bond motifs is 1. The molecular formula is C18H18N2O3S. The number of nitrogens with one attached hydrogen (secondary N) is 1. The fourth-order valence-electron chi connectivity index (χ4n) is 2.41. The molecule has 1 N–H and O–H groups in total. The van der Waals surface area contributed by atoms with Gasteiger partial charge in [-0.3, -0.25) is 9.78 Å². The van der Waals surface area contributed by atoms with Crippen LogP contribution in [-0.2, 0) is 16.0 Å². The lowest BCUT2D eigenvalue weighted by molar-refractivity contribution is -0.115. The van der Waals surface area contributed by atoms with Crippen molar-refractivity contribution in [1.29, 1.82) is 0 Å². The summed E-state index contributed by atoms with van der Waals surface area (Å²) in [5.74, 6) is -0.420. The number of carbonyl (C=O) groups is 2. The molecule has 0 saturated heterocycles. The second-order valence-corrected chi connectivity index (χ2v) is 6.94. The summed E-state index contributed by atoms with van der Waals surface area (Å²) < 4.78 is 5.31. The molecule has 1 aromatic heterocycles. The Morgan fingerprint density at radius 2 is 2.25 bits per heavy atom. The molecule has 1 aromatic carbocycles. The summed E-state index contributed by atoms with van der Waals surface area (Å²) >= 11 is 1.49. The van der Waals surface area contributed by atoms with Crippen molar-refractivity contribution in [3.63, 3.8) is 0 Å². The van der Waals surface area contributed by atoms with Crippen molar-refractivity contribution in [3.05, 3.63) is 53.9 Å². The van der Waals surface area contributed by atoms with Crippen molar-refractivity contribution >= 4 is 29.3 Å². The summed E-state index contributed by atoms with van der Waals surface area (Å²) in [6.07, 6.45) is 5.10. The first-order valence-corrected chi connectivity index (χ1v) is 8.69. The number of rotatable bonds is 5. The molecule has 0 fully saturated rings. The SMILES string of the molecule is CC1Sc2ccc(C(=O)OCCCc3cccnc3)cc2NC1=O. The van der Waals surface area contributed by atoms with Crippen molar-refractivity contribution in [2.45, 2.75) is 29.9 Å². The second kappa shape index (κ2) is 7.49. The predicted molar refractivity (Wildman–Crippen MR) is 93.2 cm³/mol. The number of hydrogen-bond acceptors (Lipinski definition) is 5. The zero-order valence-electron chi connectivity index (χ0n) is 13.3. The number of benzene rings is 1. The van der Waals surface area contributed by atoms with Crippen molar-refractivity contribution < 1.29 is 14.3 Å². The summed E-state index contributed by atoms with van der Waals surface area (Å²) in [4.78, 5) is 28.9. The van der Waals surface area contributed by atoms with Gasteiger partial charge in [0.2, 0.25) is 5.91 Å². The molecule has 0 aliphatic carbocycles. The molecule has 1 atom stereocenters. The van der Waals surface area contributed by atoms with Gasteiger partial charge >= 0.3 is 5.97 Å². The van der Waals surface area contributed by atoms with Crippen LogP contribution in [0.4, 0.5) is 5.69 Å². The number of amides is 1. The minimum Gasteiger partial charge on any atom is -0.462 e. The smallest absolute Gasteiger partial charge is 0.338 e. The Morgan fingerprint density at radius 3 is 3.04 bits per heavy atom. The monoisotopic (exact) mass is 342 g/mol. The highest BCUT2D eigenvalue weighted by Gasteiger charge is 2.23. The van der Waals surface area contributed by atoms with Gasteiger partial charge in [-0.2, -0.15) is 0 Å². The maximum absolute atomic E-state index is 12.1. The van der Waals surface area contributed by atoms with E-state index < -0.39 is 0 Å². The van der Waals surface area contributed by atoms with Crippen LogP contribution in [0.2, 0.25) is 0 Å². The van der Waals surface area contributed by atoms with E-state index in [1.807, 2.05) is 31.3 Å². The van der Waals surface area contributed by atoms with Crippen LogP contribution in [0, 0.1) is 0 Å². The summed E-state index contributed by atoms with van der Waals surface area (Å²) in [5, 5.41) is 2.70. The highest BCUT2D eigenvalue weighted by Crippen LogP contribution is 2.36. The van der Waals surface area contributed by atoms with Crippen LogP contribution in [0.25, 0.3) is 0 Å². The summed E-state index contributed by atoms with van der Waals surface area (Å²) in [7, 11) is 0. The molecule has 1 amide bonds. The molecule has 124 valence electrons. The number of carbonyl (C=O) groups excluding carboxylic acids is 2. The zero-order chi connectivity index (χ0) is 16.9. The molecule has 1 unspecified atom stereocenters. The van der Waals surface area contributed by atoms with E-state index in [-0.39, 0.29) is 17.1 Å². The highest BCUT2D eigenvalue weighted by atomic mass is 32.2. The van der Waals surface area contributed by atoms with Gasteiger partial charge in [-0.1, -0.05) is 6.07 Å². The average molecular weight is 342 g/mol. The first-order valence-electron chi connectivity index (χ1n) is 7.81. The Labute approximate surface area is 144 Å². The van der Waals surface area contributed by atoms with E-state index in [1.54, 1.807) is 18.3 Å². The number of aryl methyl sites for hydroxylation is 1. The normalized spacial score (nSPS) is 16.2. The molecule has 2 aromatic rings. The summed E-state index contributed by atoms with van der Waals surface area (Å²) in [6, 6.07) is 9.15. The zero-order valence-corrected chi connectivity index (χ0v) is 14.1. The highest BCUT2D eigenvalue weighted by molar-refractivity contribution is 8.00. The van der Waals surface area contributed by atoms with Crippen molar-refractivity contribution in [2.75, 3.05) is 11.9 Å². The summed E-state index contributed by atoms with van der Waals surface area (Å²) in [5.41, 5.74) is 2.25. The van der Waals surface area contributed by atoms with Gasteiger partial charge in [0.15, 0.2) is 0 Å². The van der Waals surface area contributed by atoms with Gasteiger partial charge in [-0.15, -0.1) is 11.8 Å². The first-order chi connectivity index (χ1) is 11.6. The van der Waals surface area contributed by atoms with E-state index in [4.69, 9.17) is 4.74 Å². The van der Waals surface area contributed by atoms with Gasteiger partial charge in [0, 0.05) is 17.3 Å². The van der Waals surface area contributed by atoms with Crippen LogP contribution in [0.1, 0.15) is 29.3 Å². The number of aromatic nitrogens is 1. The Morgan fingerprint density at radius 1 is 1.38 bits per heavy atom. The molecule has 0 spiro atoms. The van der Waals surface area contributed by atoms with Crippen molar-refractivity contribution in [1.82, 2.24) is 4.98 Å². The average Bonchev–Trinajstić information content (AvgIpc) is 2.60. The Hall–Kier alpha value is -2.34. The molecule has 0 saturated carbocycles. The van der Waals surface area contributed by atoms with Gasteiger partial charge < -0.3 is 10.1 Å². The number of nitrogens with zero attached hydrogens (tertiary/aromatic N) is 1. The molecular weight excluding hydrogens is 324 g/mol. The van der Waals surface area contributed by atoms with E-state index in [2.05, 4.69) is 10.3 Å². The van der Waals surface area contributed by atoms with Gasteiger partial charge in [-0.25, -0.2) is 4.79 Å². The number of anilines is 1. The minimum atomic E-state index is -0.373. The van der Waals surface area contributed by atoms with Crippen LogP contribution in [0.15, 0.2) is 47.6 Å². The van der Waals surface area contributed by atoms with Crippen LogP contribution < -0.4 is 5.32 Å². The molecule has 2 heterocycles. The third-order valence-corrected chi connectivity index (χ3v) is 4.89. The largest absolute Gasteiger partial charge is 0.462 e. The predicted octanol–water partition coefficient (Wildman–Crippen LogP) is 3.30. The topological polar surface area (TPSA) is 68.3 Å². The number of ether oxygens (including phenoxy) is 1. The maximum atomic E-state index is 12.1. The standard InChI is InChI=1S/C18H18N2O3S/c1-12-17(21)20-15-10-14(6-7-16(15)24-12)18(22)23-9-3-5-13-4-2-8-19-11-13/h2,4,6-8,10-12H,3,5,9H2,1H3,(H,20,21). The van der Waals surface area contributed by atoms with E-state index in [0.29, 0.717) is 17.9 Å². The molecule has 24 heavy (non-hydrogen) atoms. The van der Waals surface area contributed by atoms with Gasteiger partial charge in [0.1, 0.15) is 0 Å². The quantitative estimate of drug-likeness (QED) is 0.667. The molecule has 0 bridgehead atoms. The van der Waals surface area contributed by atoms with Gasteiger partial charge in [0.25, 0.3) is 0 Å². The Balaban J connectivity index is 1.54. The van der Waals surface area contributed by atoms with Gasteiger partial charge in [-0.05, 0) is 49.6 Å². The fourth-order valence-corrected chi connectivity index (χ4v) is 3.34. The lowest BCUT2D eigenvalue weighted by Gasteiger charge is -2.21. The van der Waals surface area contributed by atoms with Gasteiger partial charge in [0.05, 0.1) is 23.1 Å². The van der Waals surface area contributed by atoms with Crippen LogP contribution >= 0.6 is 11.8 Å². The molecule has 6 heteroatoms. The molecule has 1 aliphatic rings. The first kappa shape index (κ1) is 16.5. The molecule has 1 aliphatic heterocycles. The van der Waals surface area contributed by atoms with E-state index in [1.165, 1.54) is 11.8 Å². The van der Waals surface area contributed by atoms with Crippen LogP contribution in [0.5, 0.6) is 0 Å². The Bertz CT molecular complexity index is 749. The Kier molecular flexibility index (Phi) is 5.15. The molecule has 0 radical (unpaired) electrons. The third-order valence-electron chi connectivity index (χ3n) is 3.71. The summed E-state index contributed by atoms with van der Waals surface area (Å²) in [6.45, 7) is 2.20. The number of pyridine rings is 1. The van der Waals surface area contributed by atoms with Crippen LogP contribution in [0.3, 0.4) is 0 Å². The second-order valence-electron chi connectivity index (χ2n) is 5.56. The van der Waals surface area contributed by atoms with Crippen molar-refractivity contribution in [2.24, 2.45) is 0 Å². The maximum Gasteiger partial charge on any atom is 0.338 e. The van der Waals surface area contributed by atoms with Crippen LogP contribution in [-0.4, -0.2) is 28.7 Å². The van der Waals surface area contributed by atoms with E-state index >= 15 is 0 Å². The van der Waals surface area contributed by atoms with E-state index in [9.17, 15) is 9.59 Å².